The highest BCUT2D eigenvalue weighted by Gasteiger charge is 2.35. The molecule has 1 aromatic heterocycles. The van der Waals surface area contributed by atoms with E-state index in [0.29, 0.717) is 23.4 Å². The summed E-state index contributed by atoms with van der Waals surface area (Å²) < 4.78 is 74.4. The molecule has 3 rings (SSSR count). The van der Waals surface area contributed by atoms with Crippen LogP contribution < -0.4 is 5.56 Å². The second-order valence-electron chi connectivity index (χ2n) is 7.70. The Balaban J connectivity index is 2.16. The van der Waals surface area contributed by atoms with Gasteiger partial charge in [0.1, 0.15) is 5.82 Å². The van der Waals surface area contributed by atoms with Gasteiger partial charge in [-0.05, 0) is 50.6 Å². The maximum absolute atomic E-state index is 13.6. The van der Waals surface area contributed by atoms with Crippen LogP contribution in [0.5, 0.6) is 0 Å². The van der Waals surface area contributed by atoms with Crippen LogP contribution >= 0.6 is 0 Å². The number of hydrogen-bond donors (Lipinski definition) is 0. The molecule has 0 aliphatic carbocycles. The zero-order valence-corrected chi connectivity index (χ0v) is 19.9. The van der Waals surface area contributed by atoms with E-state index in [0.717, 1.165) is 22.5 Å². The quantitative estimate of drug-likeness (QED) is 0.414. The zero-order valence-electron chi connectivity index (χ0n) is 19.0. The molecule has 3 aromatic rings. The highest BCUT2D eigenvalue weighted by Crippen LogP contribution is 2.33. The topological polar surface area (TPSA) is 81.5 Å². The molecule has 1 heterocycles. The summed E-state index contributed by atoms with van der Waals surface area (Å²) in [6.45, 7) is 3.75. The Morgan fingerprint density at radius 3 is 2.50 bits per heavy atom. The molecule has 0 spiro atoms. The molecule has 0 saturated carbocycles. The minimum absolute atomic E-state index is 0.0417. The Hall–Kier alpha value is -2.76. The van der Waals surface area contributed by atoms with Crippen LogP contribution in [-0.4, -0.2) is 42.5 Å². The SMILES string of the molecule is CCn1c(C(C)N(CCCOC)S(=O)(=O)c2cccc(C(F)(F)F)c2)nc2ccccc2c1=O. The summed E-state index contributed by atoms with van der Waals surface area (Å²) in [6, 6.07) is 9.41. The van der Waals surface area contributed by atoms with Gasteiger partial charge in [0.25, 0.3) is 5.56 Å². The highest BCUT2D eigenvalue weighted by molar-refractivity contribution is 7.89. The lowest BCUT2D eigenvalue weighted by Gasteiger charge is -2.29. The molecule has 11 heteroatoms. The van der Waals surface area contributed by atoms with Crippen molar-refractivity contribution in [2.75, 3.05) is 20.3 Å². The third-order valence-electron chi connectivity index (χ3n) is 5.51. The maximum Gasteiger partial charge on any atom is 0.416 e. The van der Waals surface area contributed by atoms with Crippen LogP contribution in [0.15, 0.2) is 58.2 Å². The van der Waals surface area contributed by atoms with Gasteiger partial charge in [0.2, 0.25) is 10.0 Å². The van der Waals surface area contributed by atoms with E-state index in [9.17, 15) is 26.4 Å². The van der Waals surface area contributed by atoms with E-state index in [1.807, 2.05) is 0 Å². The van der Waals surface area contributed by atoms with Crippen molar-refractivity contribution in [1.82, 2.24) is 13.9 Å². The van der Waals surface area contributed by atoms with Crippen LogP contribution in [0.3, 0.4) is 0 Å². The number of aromatic nitrogens is 2. The Morgan fingerprint density at radius 1 is 1.15 bits per heavy atom. The van der Waals surface area contributed by atoms with Gasteiger partial charge in [0, 0.05) is 26.8 Å². The van der Waals surface area contributed by atoms with Crippen molar-refractivity contribution >= 4 is 20.9 Å². The maximum atomic E-state index is 13.6. The number of benzene rings is 2. The molecule has 0 aliphatic rings. The molecule has 184 valence electrons. The first kappa shape index (κ1) is 25.9. The lowest BCUT2D eigenvalue weighted by atomic mass is 10.2. The Kier molecular flexibility index (Phi) is 7.79. The molecule has 0 radical (unpaired) electrons. The Morgan fingerprint density at radius 2 is 1.85 bits per heavy atom. The number of halogens is 3. The van der Waals surface area contributed by atoms with E-state index in [4.69, 9.17) is 4.74 Å². The Labute approximate surface area is 195 Å². The summed E-state index contributed by atoms with van der Waals surface area (Å²) in [7, 11) is -2.91. The van der Waals surface area contributed by atoms with Crippen LogP contribution in [0, 0.1) is 0 Å². The number of alkyl halides is 3. The fraction of sp³-hybridized carbons (Fsp3) is 0.391. The zero-order chi connectivity index (χ0) is 25.1. The van der Waals surface area contributed by atoms with Gasteiger partial charge in [-0.15, -0.1) is 0 Å². The molecule has 34 heavy (non-hydrogen) atoms. The molecule has 1 unspecified atom stereocenters. The van der Waals surface area contributed by atoms with Crippen molar-refractivity contribution in [1.29, 1.82) is 0 Å². The summed E-state index contributed by atoms with van der Waals surface area (Å²) in [5.74, 6) is 0.208. The first-order valence-corrected chi connectivity index (χ1v) is 12.1. The normalized spacial score (nSPS) is 13.5. The second-order valence-corrected chi connectivity index (χ2v) is 9.59. The van der Waals surface area contributed by atoms with Crippen LogP contribution in [0.4, 0.5) is 13.2 Å². The van der Waals surface area contributed by atoms with Gasteiger partial charge in [0.15, 0.2) is 0 Å². The number of fused-ring (bicyclic) bond motifs is 1. The molecular formula is C23H26F3N3O4S. The molecule has 0 aliphatic heterocycles. The molecular weight excluding hydrogens is 471 g/mol. The first-order valence-electron chi connectivity index (χ1n) is 10.7. The van der Waals surface area contributed by atoms with Crippen molar-refractivity contribution in [3.63, 3.8) is 0 Å². The van der Waals surface area contributed by atoms with E-state index in [-0.39, 0.29) is 31.1 Å². The average molecular weight is 498 g/mol. The van der Waals surface area contributed by atoms with E-state index < -0.39 is 32.7 Å². The van der Waals surface area contributed by atoms with Gasteiger partial charge in [0.05, 0.1) is 27.4 Å². The summed E-state index contributed by atoms with van der Waals surface area (Å²) in [5, 5.41) is 0.395. The van der Waals surface area contributed by atoms with Gasteiger partial charge in [-0.1, -0.05) is 18.2 Å². The van der Waals surface area contributed by atoms with Crippen LogP contribution in [0.2, 0.25) is 0 Å². The lowest BCUT2D eigenvalue weighted by Crippen LogP contribution is -2.38. The van der Waals surface area contributed by atoms with E-state index in [1.54, 1.807) is 38.1 Å². The third kappa shape index (κ3) is 5.16. The van der Waals surface area contributed by atoms with Crippen LogP contribution in [0.25, 0.3) is 10.9 Å². The average Bonchev–Trinajstić information content (AvgIpc) is 2.81. The number of sulfonamides is 1. The van der Waals surface area contributed by atoms with Gasteiger partial charge >= 0.3 is 6.18 Å². The third-order valence-corrected chi connectivity index (χ3v) is 7.47. The number of rotatable bonds is 9. The molecule has 0 bridgehead atoms. The van der Waals surface area contributed by atoms with Gasteiger partial charge in [-0.2, -0.15) is 17.5 Å². The van der Waals surface area contributed by atoms with Crippen molar-refractivity contribution in [2.45, 2.75) is 43.9 Å². The number of nitrogens with zero attached hydrogens (tertiary/aromatic N) is 3. The molecule has 2 aromatic carbocycles. The molecule has 1 atom stereocenters. The number of ether oxygens (including phenoxy) is 1. The van der Waals surface area contributed by atoms with Crippen molar-refractivity contribution in [3.05, 3.63) is 70.3 Å². The summed E-state index contributed by atoms with van der Waals surface area (Å²) in [4.78, 5) is 17.1. The predicted molar refractivity (Wildman–Crippen MR) is 122 cm³/mol. The number of para-hydroxylation sites is 1. The van der Waals surface area contributed by atoms with E-state index >= 15 is 0 Å². The predicted octanol–water partition coefficient (Wildman–Crippen LogP) is 4.22. The van der Waals surface area contributed by atoms with Gasteiger partial charge in [-0.25, -0.2) is 13.4 Å². The van der Waals surface area contributed by atoms with Crippen LogP contribution in [0.1, 0.15) is 37.7 Å². The summed E-state index contributed by atoms with van der Waals surface area (Å²) in [6.07, 6.45) is -4.40. The van der Waals surface area contributed by atoms with E-state index in [2.05, 4.69) is 4.98 Å². The minimum Gasteiger partial charge on any atom is -0.385 e. The van der Waals surface area contributed by atoms with Gasteiger partial charge < -0.3 is 4.74 Å². The largest absolute Gasteiger partial charge is 0.416 e. The first-order chi connectivity index (χ1) is 16.0. The molecule has 0 saturated heterocycles. The number of methoxy groups -OCH3 is 1. The molecule has 0 fully saturated rings. The molecule has 0 N–H and O–H groups in total. The lowest BCUT2D eigenvalue weighted by molar-refractivity contribution is -0.137. The highest BCUT2D eigenvalue weighted by atomic mass is 32.2. The Bertz CT molecular complexity index is 1320. The van der Waals surface area contributed by atoms with Crippen molar-refractivity contribution in [3.8, 4) is 0 Å². The number of hydrogen-bond acceptors (Lipinski definition) is 5. The smallest absolute Gasteiger partial charge is 0.385 e. The summed E-state index contributed by atoms with van der Waals surface area (Å²) >= 11 is 0. The second kappa shape index (κ2) is 10.2. The van der Waals surface area contributed by atoms with Crippen LogP contribution in [-0.2, 0) is 27.5 Å². The monoisotopic (exact) mass is 497 g/mol. The molecule has 0 amide bonds. The van der Waals surface area contributed by atoms with E-state index in [1.165, 1.54) is 11.7 Å². The van der Waals surface area contributed by atoms with Crippen molar-refractivity contribution in [2.24, 2.45) is 0 Å². The van der Waals surface area contributed by atoms with Crippen molar-refractivity contribution < 1.29 is 26.3 Å². The van der Waals surface area contributed by atoms with Gasteiger partial charge in [-0.3, -0.25) is 9.36 Å². The standard InChI is InChI=1S/C23H26F3N3O4S/c1-4-28-21(27-20-12-6-5-11-19(20)22(28)30)16(2)29(13-8-14-33-3)34(31,32)18-10-7-9-17(15-18)23(24,25)26/h5-7,9-12,15-16H,4,8,13-14H2,1-3H3. The minimum atomic E-state index is -4.69. The summed E-state index contributed by atoms with van der Waals surface area (Å²) in [5.41, 5.74) is -0.969. The fourth-order valence-corrected chi connectivity index (χ4v) is 5.47. The molecule has 7 nitrogen and oxygen atoms in total. The fourth-order valence-electron chi connectivity index (χ4n) is 3.79.